The van der Waals surface area contributed by atoms with E-state index in [0.717, 1.165) is 13.0 Å². The van der Waals surface area contributed by atoms with Crippen LogP contribution in [0.3, 0.4) is 0 Å². The Kier molecular flexibility index (Phi) is 4.89. The highest BCUT2D eigenvalue weighted by molar-refractivity contribution is 5.76. The molecule has 0 unspecified atom stereocenters. The Morgan fingerprint density at radius 2 is 1.13 bits per heavy atom. The van der Waals surface area contributed by atoms with Gasteiger partial charge in [-0.25, -0.2) is 0 Å². The van der Waals surface area contributed by atoms with E-state index < -0.39 is 0 Å². The first-order valence-electron chi connectivity index (χ1n) is 8.09. The van der Waals surface area contributed by atoms with Crippen LogP contribution in [0.2, 0.25) is 0 Å². The third-order valence-electron chi connectivity index (χ3n) is 4.05. The standard InChI is InChI=1S/C13H10.C9H13N/c1-3-7-12-10(5-1)9-11-6-2-4-8-13(11)12;1-10(2)8-9-6-4-3-5-7-9/h1-8H,9H2;3-7H,8H2,1-2H3. The van der Waals surface area contributed by atoms with E-state index in [9.17, 15) is 0 Å². The molecule has 4 rings (SSSR count). The molecule has 1 nitrogen and oxygen atoms in total. The van der Waals surface area contributed by atoms with Crippen molar-refractivity contribution in [1.29, 1.82) is 0 Å². The van der Waals surface area contributed by atoms with Crippen LogP contribution in [0.4, 0.5) is 0 Å². The maximum absolute atomic E-state index is 2.22. The summed E-state index contributed by atoms with van der Waals surface area (Å²) in [5.41, 5.74) is 7.12. The van der Waals surface area contributed by atoms with Crippen LogP contribution >= 0.6 is 0 Å². The number of hydrogen-bond donors (Lipinski definition) is 0. The van der Waals surface area contributed by atoms with Gasteiger partial charge in [0, 0.05) is 6.54 Å². The molecule has 116 valence electrons. The highest BCUT2D eigenvalue weighted by atomic mass is 15.0. The van der Waals surface area contributed by atoms with Crippen molar-refractivity contribution in [3.05, 3.63) is 95.6 Å². The molecule has 1 aliphatic rings. The summed E-state index contributed by atoms with van der Waals surface area (Å²) in [6.07, 6.45) is 1.10. The van der Waals surface area contributed by atoms with E-state index in [1.165, 1.54) is 27.8 Å². The van der Waals surface area contributed by atoms with Crippen molar-refractivity contribution in [3.8, 4) is 11.1 Å². The Hall–Kier alpha value is -2.38. The minimum Gasteiger partial charge on any atom is -0.305 e. The van der Waals surface area contributed by atoms with Crippen LogP contribution in [0.5, 0.6) is 0 Å². The van der Waals surface area contributed by atoms with Gasteiger partial charge in [0.2, 0.25) is 0 Å². The van der Waals surface area contributed by atoms with Gasteiger partial charge in [0.25, 0.3) is 0 Å². The minimum atomic E-state index is 1.03. The molecule has 0 aromatic heterocycles. The summed E-state index contributed by atoms with van der Waals surface area (Å²) in [4.78, 5) is 2.16. The Bertz CT molecular complexity index is 716. The van der Waals surface area contributed by atoms with Crippen LogP contribution < -0.4 is 0 Å². The molecular weight excluding hydrogens is 278 g/mol. The predicted molar refractivity (Wildman–Crippen MR) is 98.5 cm³/mol. The van der Waals surface area contributed by atoms with Gasteiger partial charge in [-0.1, -0.05) is 78.9 Å². The average Bonchev–Trinajstić information content (AvgIpc) is 2.94. The Balaban J connectivity index is 0.000000142. The first-order valence-corrected chi connectivity index (χ1v) is 8.09. The summed E-state index contributed by atoms with van der Waals surface area (Å²) in [6.45, 7) is 1.03. The second-order valence-electron chi connectivity index (χ2n) is 6.21. The quantitative estimate of drug-likeness (QED) is 0.503. The maximum atomic E-state index is 2.22. The topological polar surface area (TPSA) is 3.24 Å². The average molecular weight is 301 g/mol. The molecule has 0 saturated carbocycles. The van der Waals surface area contributed by atoms with E-state index in [2.05, 4.69) is 91.8 Å². The number of fused-ring (bicyclic) bond motifs is 3. The third kappa shape index (κ3) is 3.88. The van der Waals surface area contributed by atoms with E-state index in [4.69, 9.17) is 0 Å². The fourth-order valence-corrected chi connectivity index (χ4v) is 3.03. The van der Waals surface area contributed by atoms with Gasteiger partial charge < -0.3 is 4.90 Å². The monoisotopic (exact) mass is 301 g/mol. The number of rotatable bonds is 2. The van der Waals surface area contributed by atoms with E-state index in [1.54, 1.807) is 0 Å². The van der Waals surface area contributed by atoms with Crippen molar-refractivity contribution in [3.63, 3.8) is 0 Å². The lowest BCUT2D eigenvalue weighted by molar-refractivity contribution is 0.402. The fourth-order valence-electron chi connectivity index (χ4n) is 3.03. The van der Waals surface area contributed by atoms with E-state index in [-0.39, 0.29) is 0 Å². The van der Waals surface area contributed by atoms with Crippen LogP contribution in [0.1, 0.15) is 16.7 Å². The lowest BCUT2D eigenvalue weighted by Gasteiger charge is -2.08. The summed E-state index contributed by atoms with van der Waals surface area (Å²) in [6, 6.07) is 27.8. The number of hydrogen-bond acceptors (Lipinski definition) is 1. The second kappa shape index (κ2) is 7.26. The zero-order valence-electron chi connectivity index (χ0n) is 13.9. The zero-order valence-corrected chi connectivity index (χ0v) is 13.9. The van der Waals surface area contributed by atoms with E-state index in [1.807, 2.05) is 6.07 Å². The van der Waals surface area contributed by atoms with Gasteiger partial charge in [-0.2, -0.15) is 0 Å². The molecule has 1 heteroatoms. The molecule has 23 heavy (non-hydrogen) atoms. The molecule has 0 atom stereocenters. The summed E-state index contributed by atoms with van der Waals surface area (Å²) in [7, 11) is 4.15. The lowest BCUT2D eigenvalue weighted by atomic mass is 10.1. The lowest BCUT2D eigenvalue weighted by Crippen LogP contribution is -2.10. The van der Waals surface area contributed by atoms with Gasteiger partial charge in [-0.05, 0) is 48.3 Å². The molecule has 3 aromatic carbocycles. The van der Waals surface area contributed by atoms with Crippen LogP contribution in [0, 0.1) is 0 Å². The molecule has 0 spiro atoms. The normalized spacial score (nSPS) is 11.4. The summed E-state index contributed by atoms with van der Waals surface area (Å²) < 4.78 is 0. The molecule has 0 saturated heterocycles. The van der Waals surface area contributed by atoms with Crippen molar-refractivity contribution in [2.24, 2.45) is 0 Å². The first kappa shape index (κ1) is 15.5. The molecule has 3 aromatic rings. The van der Waals surface area contributed by atoms with E-state index >= 15 is 0 Å². The van der Waals surface area contributed by atoms with Crippen LogP contribution in [-0.4, -0.2) is 19.0 Å². The van der Waals surface area contributed by atoms with Crippen LogP contribution in [0.25, 0.3) is 11.1 Å². The third-order valence-corrected chi connectivity index (χ3v) is 4.05. The van der Waals surface area contributed by atoms with Gasteiger partial charge in [-0.15, -0.1) is 0 Å². The van der Waals surface area contributed by atoms with Gasteiger partial charge in [0.1, 0.15) is 0 Å². The van der Waals surface area contributed by atoms with Crippen molar-refractivity contribution < 1.29 is 0 Å². The zero-order chi connectivity index (χ0) is 16.1. The molecule has 0 radical (unpaired) electrons. The number of benzene rings is 3. The highest BCUT2D eigenvalue weighted by Crippen LogP contribution is 2.35. The Morgan fingerprint density at radius 1 is 0.652 bits per heavy atom. The van der Waals surface area contributed by atoms with Gasteiger partial charge in [-0.3, -0.25) is 0 Å². The maximum Gasteiger partial charge on any atom is 0.0227 e. The van der Waals surface area contributed by atoms with E-state index in [0.29, 0.717) is 0 Å². The smallest absolute Gasteiger partial charge is 0.0227 e. The summed E-state index contributed by atoms with van der Waals surface area (Å²) in [5.74, 6) is 0. The number of nitrogens with zero attached hydrogens (tertiary/aromatic N) is 1. The van der Waals surface area contributed by atoms with Crippen molar-refractivity contribution in [2.75, 3.05) is 14.1 Å². The van der Waals surface area contributed by atoms with Gasteiger partial charge in [0.05, 0.1) is 0 Å². The SMILES string of the molecule is CN(C)Cc1ccccc1.c1ccc2c(c1)Cc1ccccc1-2. The molecule has 0 fully saturated rings. The minimum absolute atomic E-state index is 1.03. The fraction of sp³-hybridized carbons (Fsp3) is 0.182. The molecule has 0 bridgehead atoms. The summed E-state index contributed by atoms with van der Waals surface area (Å²) in [5, 5.41) is 0. The predicted octanol–water partition coefficient (Wildman–Crippen LogP) is 5.01. The molecule has 1 aliphatic carbocycles. The highest BCUT2D eigenvalue weighted by Gasteiger charge is 2.15. The Labute approximate surface area is 139 Å². The molecule has 0 aliphatic heterocycles. The summed E-state index contributed by atoms with van der Waals surface area (Å²) >= 11 is 0. The molecule has 0 N–H and O–H groups in total. The molecular formula is C22H23N. The van der Waals surface area contributed by atoms with Gasteiger partial charge in [0.15, 0.2) is 0 Å². The molecule has 0 heterocycles. The van der Waals surface area contributed by atoms with Crippen LogP contribution in [0.15, 0.2) is 78.9 Å². The molecule has 0 amide bonds. The van der Waals surface area contributed by atoms with Crippen molar-refractivity contribution >= 4 is 0 Å². The Morgan fingerprint density at radius 3 is 1.65 bits per heavy atom. The van der Waals surface area contributed by atoms with Crippen LogP contribution in [-0.2, 0) is 13.0 Å². The van der Waals surface area contributed by atoms with Crippen molar-refractivity contribution in [1.82, 2.24) is 4.90 Å². The van der Waals surface area contributed by atoms with Crippen molar-refractivity contribution in [2.45, 2.75) is 13.0 Å². The largest absolute Gasteiger partial charge is 0.305 e. The first-order chi connectivity index (χ1) is 11.2. The second-order valence-corrected chi connectivity index (χ2v) is 6.21. The van der Waals surface area contributed by atoms with Gasteiger partial charge >= 0.3 is 0 Å².